The van der Waals surface area contributed by atoms with Gasteiger partial charge in [0.25, 0.3) is 0 Å². The van der Waals surface area contributed by atoms with Crippen LogP contribution >= 0.6 is 0 Å². The molecule has 0 aromatic carbocycles. The van der Waals surface area contributed by atoms with E-state index in [0.717, 1.165) is 19.4 Å². The Labute approximate surface area is 89.3 Å². The van der Waals surface area contributed by atoms with E-state index in [2.05, 4.69) is 5.32 Å². The van der Waals surface area contributed by atoms with Crippen molar-refractivity contribution in [2.24, 2.45) is 0 Å². The molecule has 1 amide bonds. The van der Waals surface area contributed by atoms with Crippen molar-refractivity contribution < 1.29 is 4.79 Å². The van der Waals surface area contributed by atoms with Gasteiger partial charge in [-0.2, -0.15) is 10.5 Å². The quantitative estimate of drug-likeness (QED) is 0.657. The Balaban J connectivity index is 2.41. The average molecular weight is 206 g/mol. The molecule has 1 aliphatic heterocycles. The number of nitrogens with one attached hydrogen (secondary N) is 1. The fourth-order valence-electron chi connectivity index (χ4n) is 1.67. The van der Waals surface area contributed by atoms with Crippen LogP contribution in [0.15, 0.2) is 0 Å². The van der Waals surface area contributed by atoms with Crippen molar-refractivity contribution in [2.75, 3.05) is 19.6 Å². The minimum absolute atomic E-state index is 0.000880. The van der Waals surface area contributed by atoms with Crippen LogP contribution in [0, 0.1) is 22.7 Å². The molecule has 80 valence electrons. The summed E-state index contributed by atoms with van der Waals surface area (Å²) < 4.78 is 0. The van der Waals surface area contributed by atoms with Crippen molar-refractivity contribution in [1.82, 2.24) is 10.2 Å². The third-order valence-electron chi connectivity index (χ3n) is 2.46. The lowest BCUT2D eigenvalue weighted by molar-refractivity contribution is -0.130. The predicted octanol–water partition coefficient (Wildman–Crippen LogP) is 0.00426. The zero-order valence-corrected chi connectivity index (χ0v) is 8.57. The molecule has 15 heavy (non-hydrogen) atoms. The van der Waals surface area contributed by atoms with E-state index in [4.69, 9.17) is 10.5 Å². The molecule has 1 aliphatic rings. The molecule has 0 spiro atoms. The molecule has 0 saturated carbocycles. The van der Waals surface area contributed by atoms with Gasteiger partial charge in [-0.25, -0.2) is 0 Å². The first-order valence-electron chi connectivity index (χ1n) is 5.03. The summed E-state index contributed by atoms with van der Waals surface area (Å²) in [7, 11) is 0. The Morgan fingerprint density at radius 2 is 2.07 bits per heavy atom. The summed E-state index contributed by atoms with van der Waals surface area (Å²) in [6.45, 7) is 0.951. The highest BCUT2D eigenvalue weighted by Crippen LogP contribution is 2.10. The van der Waals surface area contributed by atoms with Gasteiger partial charge in [0.05, 0.1) is 12.1 Å². The number of amides is 1. The topological polar surface area (TPSA) is 79.9 Å². The Morgan fingerprint density at radius 3 is 2.53 bits per heavy atom. The number of nitrogens with zero attached hydrogens (tertiary/aromatic N) is 3. The summed E-state index contributed by atoms with van der Waals surface area (Å²) in [5.74, 6) is -0.113. The number of hydrogen-bond acceptors (Lipinski definition) is 4. The van der Waals surface area contributed by atoms with Gasteiger partial charge in [0, 0.05) is 12.5 Å². The van der Waals surface area contributed by atoms with Gasteiger partial charge in [0.15, 0.2) is 0 Å². The van der Waals surface area contributed by atoms with Crippen molar-refractivity contribution in [3.63, 3.8) is 0 Å². The average Bonchev–Trinajstić information content (AvgIpc) is 2.70. The van der Waals surface area contributed by atoms with Crippen molar-refractivity contribution in [3.05, 3.63) is 0 Å². The Kier molecular flexibility index (Phi) is 4.59. The third kappa shape index (κ3) is 3.57. The maximum absolute atomic E-state index is 11.7. The van der Waals surface area contributed by atoms with Crippen LogP contribution in [0.3, 0.4) is 0 Å². The fourth-order valence-corrected chi connectivity index (χ4v) is 1.67. The minimum atomic E-state index is -0.113. The second kappa shape index (κ2) is 6.00. The molecule has 1 heterocycles. The van der Waals surface area contributed by atoms with Crippen LogP contribution in [-0.4, -0.2) is 36.5 Å². The first-order chi connectivity index (χ1) is 7.27. The molecule has 5 nitrogen and oxygen atoms in total. The van der Waals surface area contributed by atoms with Crippen LogP contribution in [-0.2, 0) is 4.79 Å². The van der Waals surface area contributed by atoms with Gasteiger partial charge in [-0.1, -0.05) is 0 Å². The highest BCUT2D eigenvalue weighted by atomic mass is 16.2. The molecule has 5 heteroatoms. The van der Waals surface area contributed by atoms with Gasteiger partial charge in [-0.05, 0) is 19.4 Å². The Bertz CT molecular complexity index is 280. The Morgan fingerprint density at radius 1 is 1.40 bits per heavy atom. The molecule has 1 atom stereocenters. The molecule has 0 radical (unpaired) electrons. The lowest BCUT2D eigenvalue weighted by Crippen LogP contribution is -2.36. The summed E-state index contributed by atoms with van der Waals surface area (Å²) in [6, 6.07) is 4.00. The van der Waals surface area contributed by atoms with E-state index in [9.17, 15) is 4.79 Å². The van der Waals surface area contributed by atoms with E-state index < -0.39 is 0 Å². The summed E-state index contributed by atoms with van der Waals surface area (Å²) in [5, 5.41) is 20.2. The minimum Gasteiger partial charge on any atom is -0.316 e. The van der Waals surface area contributed by atoms with E-state index in [-0.39, 0.29) is 25.0 Å². The van der Waals surface area contributed by atoms with Crippen molar-refractivity contribution in [3.8, 4) is 12.1 Å². The van der Waals surface area contributed by atoms with Crippen molar-refractivity contribution in [2.45, 2.75) is 25.3 Å². The summed E-state index contributed by atoms with van der Waals surface area (Å²) in [6.07, 6.45) is 2.48. The summed E-state index contributed by atoms with van der Waals surface area (Å²) in [4.78, 5) is 13.0. The summed E-state index contributed by atoms with van der Waals surface area (Å²) >= 11 is 0. The van der Waals surface area contributed by atoms with Gasteiger partial charge >= 0.3 is 0 Å². The molecular weight excluding hydrogens is 192 g/mol. The number of carbonyl (C=O) groups is 1. The first-order valence-corrected chi connectivity index (χ1v) is 5.03. The number of nitriles is 2. The molecule has 0 aromatic heterocycles. The van der Waals surface area contributed by atoms with Crippen LogP contribution in [0.1, 0.15) is 19.3 Å². The maximum Gasteiger partial charge on any atom is 0.225 e. The van der Waals surface area contributed by atoms with Crippen molar-refractivity contribution >= 4 is 5.91 Å². The smallest absolute Gasteiger partial charge is 0.225 e. The monoisotopic (exact) mass is 206 g/mol. The van der Waals surface area contributed by atoms with Crippen LogP contribution < -0.4 is 5.32 Å². The Hall–Kier alpha value is -1.59. The predicted molar refractivity (Wildman–Crippen MR) is 53.4 cm³/mol. The maximum atomic E-state index is 11.7. The van der Waals surface area contributed by atoms with Crippen LogP contribution in [0.2, 0.25) is 0 Å². The van der Waals surface area contributed by atoms with Gasteiger partial charge in [-0.3, -0.25) is 4.79 Å². The summed E-state index contributed by atoms with van der Waals surface area (Å²) in [5.41, 5.74) is 0. The third-order valence-corrected chi connectivity index (χ3v) is 2.46. The van der Waals surface area contributed by atoms with Gasteiger partial charge in [-0.15, -0.1) is 0 Å². The molecule has 1 fully saturated rings. The molecule has 1 saturated heterocycles. The number of carbonyl (C=O) groups excluding carboxylic acids is 1. The molecule has 0 bridgehead atoms. The molecule has 1 rings (SSSR count). The molecule has 0 aliphatic carbocycles. The van der Waals surface area contributed by atoms with E-state index in [1.807, 2.05) is 12.1 Å². The standard InChI is InChI=1S/C10H14N4O/c11-3-6-14(7-4-12)10(15)8-9-2-1-5-13-9/h9,13H,1-2,5-8H2. The van der Waals surface area contributed by atoms with E-state index in [0.29, 0.717) is 6.42 Å². The van der Waals surface area contributed by atoms with E-state index in [1.54, 1.807) is 0 Å². The first kappa shape index (κ1) is 11.5. The van der Waals surface area contributed by atoms with Gasteiger partial charge in [0.2, 0.25) is 5.91 Å². The SMILES string of the molecule is N#CCN(CC#N)C(=O)CC1CCCN1. The van der Waals surface area contributed by atoms with Crippen LogP contribution in [0.5, 0.6) is 0 Å². The van der Waals surface area contributed by atoms with Crippen LogP contribution in [0.25, 0.3) is 0 Å². The second-order valence-corrected chi connectivity index (χ2v) is 3.56. The van der Waals surface area contributed by atoms with Crippen LogP contribution in [0.4, 0.5) is 0 Å². The lowest BCUT2D eigenvalue weighted by Gasteiger charge is -2.18. The zero-order valence-electron chi connectivity index (χ0n) is 8.57. The highest BCUT2D eigenvalue weighted by Gasteiger charge is 2.21. The van der Waals surface area contributed by atoms with E-state index in [1.165, 1.54) is 4.90 Å². The highest BCUT2D eigenvalue weighted by molar-refractivity contribution is 5.77. The number of hydrogen-bond donors (Lipinski definition) is 1. The molecule has 1 N–H and O–H groups in total. The number of rotatable bonds is 4. The molecular formula is C10H14N4O. The lowest BCUT2D eigenvalue weighted by atomic mass is 10.1. The second-order valence-electron chi connectivity index (χ2n) is 3.56. The van der Waals surface area contributed by atoms with E-state index >= 15 is 0 Å². The zero-order chi connectivity index (χ0) is 11.1. The molecule has 1 unspecified atom stereocenters. The van der Waals surface area contributed by atoms with Crippen molar-refractivity contribution in [1.29, 1.82) is 10.5 Å². The van der Waals surface area contributed by atoms with Gasteiger partial charge < -0.3 is 10.2 Å². The van der Waals surface area contributed by atoms with Gasteiger partial charge in [0.1, 0.15) is 13.1 Å². The molecule has 0 aromatic rings. The largest absolute Gasteiger partial charge is 0.316 e. The normalized spacial score (nSPS) is 19.2. The fraction of sp³-hybridized carbons (Fsp3) is 0.700.